The monoisotopic (exact) mass is 596 g/mol. The number of benzene rings is 4. The SMILES string of the molecule is COc1ccc2c(c1)CC[C@@H](NC(=O)C1CCC(CNS(=O)(=O)c3ccc4ccccc4c3)CC1)C2Cc1ccccc1. The number of amides is 1. The Kier molecular flexibility index (Phi) is 8.82. The maximum atomic E-state index is 13.6. The van der Waals surface area contributed by atoms with Crippen LogP contribution in [0.5, 0.6) is 5.75 Å². The summed E-state index contributed by atoms with van der Waals surface area (Å²) in [6.45, 7) is 0.394. The van der Waals surface area contributed by atoms with E-state index in [9.17, 15) is 13.2 Å². The largest absolute Gasteiger partial charge is 0.497 e. The van der Waals surface area contributed by atoms with Crippen LogP contribution in [-0.4, -0.2) is 34.0 Å². The van der Waals surface area contributed by atoms with E-state index in [1.54, 1.807) is 19.2 Å². The number of nitrogens with one attached hydrogen (secondary N) is 2. The molecular weight excluding hydrogens is 556 g/mol. The molecule has 4 aromatic rings. The minimum absolute atomic E-state index is 0.0389. The van der Waals surface area contributed by atoms with Crippen molar-refractivity contribution in [1.29, 1.82) is 0 Å². The number of hydrogen-bond acceptors (Lipinski definition) is 4. The Morgan fingerprint density at radius 3 is 2.35 bits per heavy atom. The third-order valence-electron chi connectivity index (χ3n) is 9.40. The fourth-order valence-corrected chi connectivity index (χ4v) is 8.04. The van der Waals surface area contributed by atoms with Gasteiger partial charge in [-0.15, -0.1) is 0 Å². The number of fused-ring (bicyclic) bond motifs is 2. The second-order valence-corrected chi connectivity index (χ2v) is 13.9. The lowest BCUT2D eigenvalue weighted by Gasteiger charge is -2.36. The first kappa shape index (κ1) is 29.4. The molecule has 6 rings (SSSR count). The van der Waals surface area contributed by atoms with Crippen molar-refractivity contribution in [3.63, 3.8) is 0 Å². The van der Waals surface area contributed by atoms with Gasteiger partial charge in [0.15, 0.2) is 0 Å². The Bertz CT molecular complexity index is 1680. The summed E-state index contributed by atoms with van der Waals surface area (Å²) in [6.07, 6.45) is 5.89. The molecule has 224 valence electrons. The van der Waals surface area contributed by atoms with Gasteiger partial charge in [-0.2, -0.15) is 0 Å². The molecule has 2 aliphatic carbocycles. The maximum Gasteiger partial charge on any atom is 0.240 e. The number of carbonyl (C=O) groups is 1. The molecule has 0 heterocycles. The first-order valence-corrected chi connectivity index (χ1v) is 16.9. The van der Waals surface area contributed by atoms with Gasteiger partial charge in [-0.1, -0.05) is 66.7 Å². The quantitative estimate of drug-likeness (QED) is 0.235. The Labute approximate surface area is 254 Å². The van der Waals surface area contributed by atoms with Gasteiger partial charge >= 0.3 is 0 Å². The van der Waals surface area contributed by atoms with Gasteiger partial charge in [-0.25, -0.2) is 13.1 Å². The van der Waals surface area contributed by atoms with E-state index in [0.717, 1.165) is 61.5 Å². The van der Waals surface area contributed by atoms with E-state index in [4.69, 9.17) is 4.74 Å². The lowest BCUT2D eigenvalue weighted by molar-refractivity contribution is -0.127. The molecule has 0 spiro atoms. The van der Waals surface area contributed by atoms with Crippen LogP contribution in [0.2, 0.25) is 0 Å². The van der Waals surface area contributed by atoms with Gasteiger partial charge in [0, 0.05) is 24.4 Å². The first-order chi connectivity index (χ1) is 20.9. The molecule has 43 heavy (non-hydrogen) atoms. The van der Waals surface area contributed by atoms with Crippen LogP contribution in [0.1, 0.15) is 54.7 Å². The summed E-state index contributed by atoms with van der Waals surface area (Å²) in [5, 5.41) is 5.38. The van der Waals surface area contributed by atoms with Crippen LogP contribution in [0.15, 0.2) is 95.9 Å². The topological polar surface area (TPSA) is 84.5 Å². The molecule has 0 bridgehead atoms. The number of rotatable bonds is 9. The third-order valence-corrected chi connectivity index (χ3v) is 10.8. The zero-order valence-corrected chi connectivity index (χ0v) is 25.5. The van der Waals surface area contributed by atoms with Crippen LogP contribution in [0.25, 0.3) is 10.8 Å². The Hall–Kier alpha value is -3.68. The number of sulfonamides is 1. The molecule has 0 saturated heterocycles. The van der Waals surface area contributed by atoms with Gasteiger partial charge < -0.3 is 10.1 Å². The number of carbonyl (C=O) groups excluding carboxylic acids is 1. The summed E-state index contributed by atoms with van der Waals surface area (Å²) < 4.78 is 34.3. The summed E-state index contributed by atoms with van der Waals surface area (Å²) >= 11 is 0. The van der Waals surface area contributed by atoms with E-state index in [0.29, 0.717) is 6.54 Å². The molecule has 1 amide bonds. The molecule has 0 radical (unpaired) electrons. The van der Waals surface area contributed by atoms with Crippen molar-refractivity contribution in [3.05, 3.63) is 108 Å². The van der Waals surface area contributed by atoms with E-state index in [1.165, 1.54) is 16.7 Å². The van der Waals surface area contributed by atoms with E-state index < -0.39 is 10.0 Å². The highest BCUT2D eigenvalue weighted by molar-refractivity contribution is 7.89. The Balaban J connectivity index is 1.06. The van der Waals surface area contributed by atoms with Crippen LogP contribution >= 0.6 is 0 Å². The molecule has 6 nitrogen and oxygen atoms in total. The predicted octanol–water partition coefficient (Wildman–Crippen LogP) is 6.39. The highest BCUT2D eigenvalue weighted by Crippen LogP contribution is 2.37. The second kappa shape index (κ2) is 12.9. The minimum Gasteiger partial charge on any atom is -0.497 e. The van der Waals surface area contributed by atoms with Crippen LogP contribution in [0.4, 0.5) is 0 Å². The van der Waals surface area contributed by atoms with E-state index in [2.05, 4.69) is 46.4 Å². The summed E-state index contributed by atoms with van der Waals surface area (Å²) in [5.41, 5.74) is 3.86. The van der Waals surface area contributed by atoms with Gasteiger partial charge in [-0.3, -0.25) is 4.79 Å². The highest BCUT2D eigenvalue weighted by atomic mass is 32.2. The summed E-state index contributed by atoms with van der Waals surface area (Å²) in [6, 6.07) is 29.9. The summed E-state index contributed by atoms with van der Waals surface area (Å²) in [7, 11) is -1.90. The predicted molar refractivity (Wildman–Crippen MR) is 171 cm³/mol. The van der Waals surface area contributed by atoms with Gasteiger partial charge in [0.05, 0.1) is 12.0 Å². The van der Waals surface area contributed by atoms with Crippen LogP contribution in [0.3, 0.4) is 0 Å². The molecule has 1 fully saturated rings. The normalized spacial score (nSPS) is 22.1. The Morgan fingerprint density at radius 2 is 1.58 bits per heavy atom. The number of hydrogen-bond donors (Lipinski definition) is 2. The van der Waals surface area contributed by atoms with Gasteiger partial charge in [0.2, 0.25) is 15.9 Å². The molecule has 4 aromatic carbocycles. The molecule has 2 atom stereocenters. The number of aryl methyl sites for hydroxylation is 1. The summed E-state index contributed by atoms with van der Waals surface area (Å²) in [5.74, 6) is 1.39. The van der Waals surface area contributed by atoms with Crippen LogP contribution < -0.4 is 14.8 Å². The third kappa shape index (κ3) is 6.78. The number of methoxy groups -OCH3 is 1. The smallest absolute Gasteiger partial charge is 0.240 e. The molecule has 1 saturated carbocycles. The van der Waals surface area contributed by atoms with E-state index in [1.807, 2.05) is 42.5 Å². The molecular formula is C36H40N2O4S. The lowest BCUT2D eigenvalue weighted by atomic mass is 9.75. The molecule has 1 unspecified atom stereocenters. The van der Waals surface area contributed by atoms with Crippen LogP contribution in [0, 0.1) is 11.8 Å². The molecule has 2 N–H and O–H groups in total. The fourth-order valence-electron chi connectivity index (χ4n) is 6.88. The van der Waals surface area contributed by atoms with Crippen molar-refractivity contribution >= 4 is 26.7 Å². The zero-order chi connectivity index (χ0) is 29.8. The van der Waals surface area contributed by atoms with Crippen LogP contribution in [-0.2, 0) is 27.7 Å². The Morgan fingerprint density at radius 1 is 0.837 bits per heavy atom. The fraction of sp³-hybridized carbons (Fsp3) is 0.361. The number of ether oxygens (including phenoxy) is 1. The van der Waals surface area contributed by atoms with E-state index in [-0.39, 0.29) is 34.6 Å². The second-order valence-electron chi connectivity index (χ2n) is 12.1. The molecule has 7 heteroatoms. The van der Waals surface area contributed by atoms with Crippen molar-refractivity contribution in [3.8, 4) is 5.75 Å². The lowest BCUT2D eigenvalue weighted by Crippen LogP contribution is -2.46. The minimum atomic E-state index is -3.60. The van der Waals surface area contributed by atoms with E-state index >= 15 is 0 Å². The molecule has 0 aromatic heterocycles. The average Bonchev–Trinajstić information content (AvgIpc) is 3.05. The summed E-state index contributed by atoms with van der Waals surface area (Å²) in [4.78, 5) is 13.8. The first-order valence-electron chi connectivity index (χ1n) is 15.4. The maximum absolute atomic E-state index is 13.6. The van der Waals surface area contributed by atoms with Crippen molar-refractivity contribution in [1.82, 2.24) is 10.0 Å². The zero-order valence-electron chi connectivity index (χ0n) is 24.7. The van der Waals surface area contributed by atoms with Crippen molar-refractivity contribution < 1.29 is 17.9 Å². The van der Waals surface area contributed by atoms with Crippen molar-refractivity contribution in [2.24, 2.45) is 11.8 Å². The van der Waals surface area contributed by atoms with Gasteiger partial charge in [-0.05, 0) is 103 Å². The highest BCUT2D eigenvalue weighted by Gasteiger charge is 2.34. The van der Waals surface area contributed by atoms with Gasteiger partial charge in [0.25, 0.3) is 0 Å². The van der Waals surface area contributed by atoms with Gasteiger partial charge in [0.1, 0.15) is 5.75 Å². The molecule has 0 aliphatic heterocycles. The standard InChI is InChI=1S/C36H40N2O4S/c1-42-31-17-19-33-30(22-31)16-20-35(34(33)21-25-7-3-2-4-8-25)38-36(39)28-13-11-26(12-14-28)24-37-43(40,41)32-18-15-27-9-5-6-10-29(27)23-32/h2-10,15,17-19,22-23,26,28,34-35,37H,11-14,16,20-21,24H2,1H3,(H,38,39)/t26?,28?,34?,35-/m1/s1. The van der Waals surface area contributed by atoms with Crippen molar-refractivity contribution in [2.75, 3.05) is 13.7 Å². The molecule has 2 aliphatic rings. The average molecular weight is 597 g/mol. The van der Waals surface area contributed by atoms with Crippen molar-refractivity contribution in [2.45, 2.75) is 61.8 Å².